The summed E-state index contributed by atoms with van der Waals surface area (Å²) in [6.45, 7) is 4.79. The van der Waals surface area contributed by atoms with Crippen LogP contribution in [-0.4, -0.2) is 11.9 Å². The van der Waals surface area contributed by atoms with Gasteiger partial charge in [-0.2, -0.15) is 0 Å². The molecule has 0 fully saturated rings. The minimum Gasteiger partial charge on any atom is -0.508 e. The maximum atomic E-state index is 9.69. The second-order valence-corrected chi connectivity index (χ2v) is 5.97. The molecule has 0 aromatic heterocycles. The molecule has 0 aliphatic carbocycles. The van der Waals surface area contributed by atoms with E-state index in [0.717, 1.165) is 38.3 Å². The molecule has 0 atom stereocenters. The van der Waals surface area contributed by atoms with Gasteiger partial charge in [0, 0.05) is 12.2 Å². The van der Waals surface area contributed by atoms with Crippen LogP contribution in [0, 0.1) is 13.8 Å². The summed E-state index contributed by atoms with van der Waals surface area (Å²) in [5.41, 5.74) is 3.98. The van der Waals surface area contributed by atoms with Crippen molar-refractivity contribution in [2.75, 3.05) is 12.1 Å². The Bertz CT molecular complexity index is 700. The van der Waals surface area contributed by atoms with Crippen molar-refractivity contribution in [3.63, 3.8) is 0 Å². The van der Waals surface area contributed by atoms with Gasteiger partial charge in [-0.3, -0.25) is 0 Å². The van der Waals surface area contributed by atoms with Crippen LogP contribution in [0.25, 0.3) is 0 Å². The third kappa shape index (κ3) is 2.78. The second-order valence-electron chi connectivity index (χ2n) is 5.12. The lowest BCUT2D eigenvalue weighted by atomic mass is 10.1. The molecule has 0 unspecified atom stereocenters. The van der Waals surface area contributed by atoms with Gasteiger partial charge in [-0.05, 0) is 70.7 Å². The fraction of sp³-hybridized carbons (Fsp3) is 0.250. The summed E-state index contributed by atoms with van der Waals surface area (Å²) in [7, 11) is 0. The molecule has 3 rings (SSSR count). The van der Waals surface area contributed by atoms with E-state index >= 15 is 0 Å². The van der Waals surface area contributed by atoms with Gasteiger partial charge in [-0.25, -0.2) is 0 Å². The van der Waals surface area contributed by atoms with Gasteiger partial charge in [0.25, 0.3) is 0 Å². The molecule has 0 spiro atoms. The van der Waals surface area contributed by atoms with E-state index in [9.17, 15) is 5.11 Å². The van der Waals surface area contributed by atoms with Crippen LogP contribution in [0.5, 0.6) is 17.2 Å². The monoisotopic (exact) mass is 349 g/mol. The molecule has 0 radical (unpaired) electrons. The zero-order valence-corrected chi connectivity index (χ0v) is 13.5. The number of anilines is 1. The average molecular weight is 350 g/mol. The van der Waals surface area contributed by atoms with E-state index in [1.165, 1.54) is 0 Å². The Morgan fingerprint density at radius 3 is 2.76 bits per heavy atom. The molecule has 0 saturated carbocycles. The molecule has 0 bridgehead atoms. The predicted molar refractivity (Wildman–Crippen MR) is 85.2 cm³/mol. The first-order valence-electron chi connectivity index (χ1n) is 6.66. The number of halogens is 1. The van der Waals surface area contributed by atoms with Gasteiger partial charge in [0.1, 0.15) is 5.75 Å². The molecule has 2 aromatic carbocycles. The van der Waals surface area contributed by atoms with E-state index in [1.807, 2.05) is 32.0 Å². The number of benzene rings is 2. The average Bonchev–Trinajstić information content (AvgIpc) is 2.90. The number of ether oxygens (including phenoxy) is 2. The number of rotatable bonds is 3. The first kappa shape index (κ1) is 14.1. The predicted octanol–water partition coefficient (Wildman–Crippen LogP) is 4.11. The van der Waals surface area contributed by atoms with E-state index in [-0.39, 0.29) is 6.79 Å². The molecule has 1 aliphatic rings. The van der Waals surface area contributed by atoms with Crippen molar-refractivity contribution in [1.82, 2.24) is 0 Å². The van der Waals surface area contributed by atoms with Gasteiger partial charge in [-0.1, -0.05) is 0 Å². The topological polar surface area (TPSA) is 50.7 Å². The van der Waals surface area contributed by atoms with E-state index < -0.39 is 0 Å². The standard InChI is InChI=1S/C16H16BrNO3/c1-9-4-14(19)10(2)3-13(9)18-7-11-5-12(17)16-15(6-11)20-8-21-16/h3-6,18-19H,7-8H2,1-2H3. The van der Waals surface area contributed by atoms with E-state index in [2.05, 4.69) is 21.2 Å². The number of nitrogens with one attached hydrogen (secondary N) is 1. The summed E-state index contributed by atoms with van der Waals surface area (Å²) in [4.78, 5) is 0. The van der Waals surface area contributed by atoms with Gasteiger partial charge in [-0.15, -0.1) is 0 Å². The molecule has 1 aliphatic heterocycles. The number of aryl methyl sites for hydroxylation is 2. The van der Waals surface area contributed by atoms with Crippen molar-refractivity contribution in [1.29, 1.82) is 0 Å². The lowest BCUT2D eigenvalue weighted by Crippen LogP contribution is -2.01. The van der Waals surface area contributed by atoms with Crippen molar-refractivity contribution in [3.05, 3.63) is 45.4 Å². The van der Waals surface area contributed by atoms with Gasteiger partial charge in [0.15, 0.2) is 11.5 Å². The van der Waals surface area contributed by atoms with Crippen LogP contribution >= 0.6 is 15.9 Å². The lowest BCUT2D eigenvalue weighted by molar-refractivity contribution is 0.173. The second kappa shape index (κ2) is 5.48. The molecule has 110 valence electrons. The zero-order valence-electron chi connectivity index (χ0n) is 11.9. The molecule has 21 heavy (non-hydrogen) atoms. The van der Waals surface area contributed by atoms with Crippen LogP contribution in [0.4, 0.5) is 5.69 Å². The van der Waals surface area contributed by atoms with Crippen LogP contribution in [0.2, 0.25) is 0 Å². The Morgan fingerprint density at radius 2 is 1.95 bits per heavy atom. The minimum absolute atomic E-state index is 0.265. The maximum absolute atomic E-state index is 9.69. The highest BCUT2D eigenvalue weighted by molar-refractivity contribution is 9.10. The van der Waals surface area contributed by atoms with E-state index in [1.54, 1.807) is 6.07 Å². The molecule has 2 aromatic rings. The van der Waals surface area contributed by atoms with Gasteiger partial charge in [0.2, 0.25) is 6.79 Å². The van der Waals surface area contributed by atoms with Crippen LogP contribution in [-0.2, 0) is 6.54 Å². The first-order chi connectivity index (χ1) is 10.0. The van der Waals surface area contributed by atoms with Gasteiger partial charge in [0.05, 0.1) is 4.47 Å². The number of aromatic hydroxyl groups is 1. The first-order valence-corrected chi connectivity index (χ1v) is 7.46. The van der Waals surface area contributed by atoms with Crippen molar-refractivity contribution in [3.8, 4) is 17.2 Å². The molecular formula is C16H16BrNO3. The summed E-state index contributed by atoms with van der Waals surface area (Å²) < 4.78 is 11.7. The summed E-state index contributed by atoms with van der Waals surface area (Å²) in [5, 5.41) is 13.1. The quantitative estimate of drug-likeness (QED) is 0.818. The van der Waals surface area contributed by atoms with E-state index in [0.29, 0.717) is 12.3 Å². The van der Waals surface area contributed by atoms with Gasteiger partial charge < -0.3 is 19.9 Å². The molecular weight excluding hydrogens is 334 g/mol. The normalized spacial score (nSPS) is 12.5. The Labute approximate surface area is 131 Å². The Hall–Kier alpha value is -1.88. The molecule has 2 N–H and O–H groups in total. The van der Waals surface area contributed by atoms with Gasteiger partial charge >= 0.3 is 0 Å². The summed E-state index contributed by atoms with van der Waals surface area (Å²) in [6, 6.07) is 7.71. The number of phenolic OH excluding ortho intramolecular Hbond substituents is 1. The minimum atomic E-state index is 0.265. The number of phenols is 1. The fourth-order valence-electron chi connectivity index (χ4n) is 2.31. The van der Waals surface area contributed by atoms with Crippen molar-refractivity contribution >= 4 is 21.6 Å². The third-order valence-electron chi connectivity index (χ3n) is 3.51. The molecule has 4 nitrogen and oxygen atoms in total. The highest BCUT2D eigenvalue weighted by Gasteiger charge is 2.17. The summed E-state index contributed by atoms with van der Waals surface area (Å²) in [6.07, 6.45) is 0. The number of fused-ring (bicyclic) bond motifs is 1. The lowest BCUT2D eigenvalue weighted by Gasteiger charge is -2.12. The van der Waals surface area contributed by atoms with E-state index in [4.69, 9.17) is 9.47 Å². The largest absolute Gasteiger partial charge is 0.508 e. The Morgan fingerprint density at radius 1 is 1.14 bits per heavy atom. The summed E-state index contributed by atoms with van der Waals surface area (Å²) >= 11 is 3.49. The maximum Gasteiger partial charge on any atom is 0.231 e. The molecule has 0 amide bonds. The Kier molecular flexibility index (Phi) is 3.68. The Balaban J connectivity index is 1.79. The number of hydrogen-bond acceptors (Lipinski definition) is 4. The van der Waals surface area contributed by atoms with Crippen molar-refractivity contribution in [2.24, 2.45) is 0 Å². The van der Waals surface area contributed by atoms with Crippen LogP contribution in [0.15, 0.2) is 28.7 Å². The fourth-order valence-corrected chi connectivity index (χ4v) is 2.92. The smallest absolute Gasteiger partial charge is 0.231 e. The molecule has 1 heterocycles. The molecule has 0 saturated heterocycles. The zero-order chi connectivity index (χ0) is 15.0. The summed E-state index contributed by atoms with van der Waals surface area (Å²) in [5.74, 6) is 1.85. The molecule has 5 heteroatoms. The van der Waals surface area contributed by atoms with Crippen LogP contribution < -0.4 is 14.8 Å². The van der Waals surface area contributed by atoms with Crippen LogP contribution in [0.1, 0.15) is 16.7 Å². The van der Waals surface area contributed by atoms with Crippen LogP contribution in [0.3, 0.4) is 0 Å². The van der Waals surface area contributed by atoms with Crippen molar-refractivity contribution in [2.45, 2.75) is 20.4 Å². The number of hydrogen-bond donors (Lipinski definition) is 2. The SMILES string of the molecule is Cc1cc(NCc2cc(Br)c3c(c2)OCO3)c(C)cc1O. The highest BCUT2D eigenvalue weighted by Crippen LogP contribution is 2.40. The van der Waals surface area contributed by atoms with Crippen molar-refractivity contribution < 1.29 is 14.6 Å². The third-order valence-corrected chi connectivity index (χ3v) is 4.10. The highest BCUT2D eigenvalue weighted by atomic mass is 79.9.